The van der Waals surface area contributed by atoms with E-state index < -0.39 is 0 Å². The van der Waals surface area contributed by atoms with Gasteiger partial charge in [0.25, 0.3) is 0 Å². The number of thiocarbonyl (C=S) groups is 1. The third-order valence-corrected chi connectivity index (χ3v) is 1.24. The first-order chi connectivity index (χ1) is 3.80. The maximum absolute atomic E-state index is 4.69. The van der Waals surface area contributed by atoms with E-state index in [0.717, 1.165) is 0 Å². The monoisotopic (exact) mass is 181 g/mol. The van der Waals surface area contributed by atoms with Gasteiger partial charge in [0.15, 0.2) is 0 Å². The van der Waals surface area contributed by atoms with Gasteiger partial charge in [0.2, 0.25) is 0 Å². The Morgan fingerprint density at radius 1 is 1.33 bits per heavy atom. The molecule has 0 spiro atoms. The summed E-state index contributed by atoms with van der Waals surface area (Å²) < 4.78 is 2.18. The second-order valence-electron chi connectivity index (χ2n) is 1.36. The molecular formula is C5H4KNS2. The molecule has 0 N–H and O–H groups in total. The molecule has 0 aliphatic heterocycles. The van der Waals surface area contributed by atoms with Crippen molar-refractivity contribution in [2.45, 2.75) is 0 Å². The molecule has 42 valence electrons. The van der Waals surface area contributed by atoms with Crippen LogP contribution in [0.3, 0.4) is 0 Å². The van der Waals surface area contributed by atoms with E-state index in [1.165, 1.54) is 0 Å². The molecule has 9 heavy (non-hydrogen) atoms. The van der Waals surface area contributed by atoms with Crippen molar-refractivity contribution in [3.8, 4) is 0 Å². The maximum atomic E-state index is 4.69. The molecule has 0 atom stereocenters. The predicted octanol–water partition coefficient (Wildman–Crippen LogP) is -1.83. The largest absolute Gasteiger partial charge is 1.00 e. The average molecular weight is 181 g/mol. The standard InChI is InChI=1S/C5H5NS2.K/c7-5(8)6-3-1-2-4-6;/h1-4H,(H,7,8);/q;+1/p-1. The van der Waals surface area contributed by atoms with Crippen LogP contribution in [0.5, 0.6) is 0 Å². The van der Waals surface area contributed by atoms with Gasteiger partial charge in [-0.15, -0.1) is 0 Å². The molecule has 0 aliphatic carbocycles. The Hall–Kier alpha value is 1.23. The van der Waals surface area contributed by atoms with Crippen molar-refractivity contribution in [1.29, 1.82) is 0 Å². The normalized spacial score (nSPS) is 8.00. The molecule has 4 heteroatoms. The average Bonchev–Trinajstić information content (AvgIpc) is 2.12. The molecule has 0 radical (unpaired) electrons. The fraction of sp³-hybridized carbons (Fsp3) is 0. The van der Waals surface area contributed by atoms with Crippen LogP contribution in [-0.2, 0) is 12.6 Å². The van der Waals surface area contributed by atoms with Crippen LogP contribution < -0.4 is 51.4 Å². The maximum Gasteiger partial charge on any atom is 1.00 e. The van der Waals surface area contributed by atoms with Gasteiger partial charge >= 0.3 is 51.4 Å². The van der Waals surface area contributed by atoms with Gasteiger partial charge in [0.05, 0.1) is 0 Å². The first-order valence-corrected chi connectivity index (χ1v) is 2.96. The molecule has 0 saturated carbocycles. The molecule has 1 rings (SSSR count). The SMILES string of the molecule is S=C([S-])n1cccc1.[K+]. The number of nitrogens with zero attached hydrogens (tertiary/aromatic N) is 1. The van der Waals surface area contributed by atoms with Crippen LogP contribution >= 0.6 is 12.2 Å². The zero-order valence-electron chi connectivity index (χ0n) is 5.07. The summed E-state index contributed by atoms with van der Waals surface area (Å²) in [6.45, 7) is 0. The Kier molecular flexibility index (Phi) is 5.63. The van der Waals surface area contributed by atoms with Crippen molar-refractivity contribution in [3.05, 3.63) is 24.5 Å². The molecule has 1 nitrogen and oxygen atoms in total. The van der Waals surface area contributed by atoms with Gasteiger partial charge in [-0.05, 0) is 12.1 Å². The number of aromatic nitrogens is 1. The molecule has 0 amide bonds. The van der Waals surface area contributed by atoms with E-state index in [-0.39, 0.29) is 51.4 Å². The summed E-state index contributed by atoms with van der Waals surface area (Å²) in [4.78, 5) is 0. The minimum atomic E-state index is 0. The van der Waals surface area contributed by atoms with Gasteiger partial charge in [-0.3, -0.25) is 0 Å². The Labute approximate surface area is 108 Å². The molecule has 0 unspecified atom stereocenters. The quantitative estimate of drug-likeness (QED) is 0.264. The van der Waals surface area contributed by atoms with Crippen LogP contribution in [0.4, 0.5) is 0 Å². The fourth-order valence-corrected chi connectivity index (χ4v) is 0.700. The van der Waals surface area contributed by atoms with Crippen LogP contribution in [0.25, 0.3) is 0 Å². The van der Waals surface area contributed by atoms with E-state index in [9.17, 15) is 0 Å². The Bertz CT molecular complexity index is 183. The Balaban J connectivity index is 0.000000640. The number of hydrogen-bond donors (Lipinski definition) is 0. The van der Waals surface area contributed by atoms with Crippen molar-refractivity contribution in [1.82, 2.24) is 4.57 Å². The van der Waals surface area contributed by atoms with Crippen LogP contribution in [0.2, 0.25) is 0 Å². The molecule has 0 aromatic carbocycles. The van der Waals surface area contributed by atoms with Gasteiger partial charge in [-0.25, -0.2) is 0 Å². The van der Waals surface area contributed by atoms with Gasteiger partial charge in [-0.1, -0.05) is 4.32 Å². The molecule has 0 aliphatic rings. The van der Waals surface area contributed by atoms with E-state index in [0.29, 0.717) is 4.32 Å². The topological polar surface area (TPSA) is 4.93 Å². The summed E-state index contributed by atoms with van der Waals surface area (Å²) in [5, 5.41) is 0. The summed E-state index contributed by atoms with van der Waals surface area (Å²) in [6, 6.07) is 3.78. The van der Waals surface area contributed by atoms with E-state index in [1.54, 1.807) is 4.57 Å². The molecule has 0 bridgehead atoms. The fourth-order valence-electron chi connectivity index (χ4n) is 0.456. The van der Waals surface area contributed by atoms with E-state index in [1.807, 2.05) is 24.5 Å². The van der Waals surface area contributed by atoms with Crippen LogP contribution in [0.1, 0.15) is 0 Å². The minimum Gasteiger partial charge on any atom is -0.411 e. The third-order valence-electron chi connectivity index (χ3n) is 0.815. The van der Waals surface area contributed by atoms with Crippen LogP contribution in [-0.4, -0.2) is 8.89 Å². The minimum absolute atomic E-state index is 0. The van der Waals surface area contributed by atoms with Crippen molar-refractivity contribution in [2.75, 3.05) is 0 Å². The van der Waals surface area contributed by atoms with E-state index >= 15 is 0 Å². The summed E-state index contributed by atoms with van der Waals surface area (Å²) in [5.74, 6) is 0. The summed E-state index contributed by atoms with van der Waals surface area (Å²) >= 11 is 9.39. The van der Waals surface area contributed by atoms with Gasteiger partial charge in [-0.2, -0.15) is 0 Å². The second-order valence-corrected chi connectivity index (χ2v) is 2.39. The molecule has 1 heterocycles. The van der Waals surface area contributed by atoms with Crippen molar-refractivity contribution in [3.63, 3.8) is 0 Å². The van der Waals surface area contributed by atoms with Crippen LogP contribution in [0, 0.1) is 0 Å². The third kappa shape index (κ3) is 3.22. The van der Waals surface area contributed by atoms with Gasteiger partial charge < -0.3 is 29.4 Å². The summed E-state index contributed by atoms with van der Waals surface area (Å²) in [5.41, 5.74) is 0. The molecule has 1 aromatic heterocycles. The number of rotatable bonds is 0. The first kappa shape index (κ1) is 10.2. The zero-order chi connectivity index (χ0) is 5.98. The van der Waals surface area contributed by atoms with E-state index in [4.69, 9.17) is 24.8 Å². The Morgan fingerprint density at radius 2 is 1.78 bits per heavy atom. The first-order valence-electron chi connectivity index (χ1n) is 2.15. The van der Waals surface area contributed by atoms with Crippen molar-refractivity contribution >= 4 is 29.2 Å². The second kappa shape index (κ2) is 4.95. The van der Waals surface area contributed by atoms with Crippen molar-refractivity contribution in [2.24, 2.45) is 0 Å². The van der Waals surface area contributed by atoms with Gasteiger partial charge in [0.1, 0.15) is 0 Å². The number of hydrogen-bond acceptors (Lipinski definition) is 2. The molecule has 0 fully saturated rings. The van der Waals surface area contributed by atoms with Gasteiger partial charge in [0, 0.05) is 12.4 Å². The summed E-state index contributed by atoms with van der Waals surface area (Å²) in [7, 11) is 0. The summed E-state index contributed by atoms with van der Waals surface area (Å²) in [6.07, 6.45) is 3.66. The van der Waals surface area contributed by atoms with Crippen LogP contribution in [0.15, 0.2) is 24.5 Å². The molecule has 0 saturated heterocycles. The predicted molar refractivity (Wildman–Crippen MR) is 39.8 cm³/mol. The van der Waals surface area contributed by atoms with Crippen molar-refractivity contribution < 1.29 is 51.4 Å². The Morgan fingerprint density at radius 3 is 2.00 bits per heavy atom. The smallest absolute Gasteiger partial charge is 0.411 e. The molecular weight excluding hydrogens is 177 g/mol. The van der Waals surface area contributed by atoms with E-state index in [2.05, 4.69) is 0 Å². The molecule has 1 aromatic rings. The zero-order valence-corrected chi connectivity index (χ0v) is 9.83.